The normalized spacial score (nSPS) is 10.7. The number of carbonyl (C=O) groups is 2. The Labute approximate surface area is 212 Å². The zero-order chi connectivity index (χ0) is 25.5. The first kappa shape index (κ1) is 24.8. The summed E-state index contributed by atoms with van der Waals surface area (Å²) in [7, 11) is 0. The van der Waals surface area contributed by atoms with E-state index in [0.29, 0.717) is 11.3 Å². The van der Waals surface area contributed by atoms with Crippen LogP contribution in [0, 0.1) is 5.41 Å². The summed E-state index contributed by atoms with van der Waals surface area (Å²) < 4.78 is 11.5. The molecule has 0 aliphatic rings. The molecule has 0 radical (unpaired) electrons. The Morgan fingerprint density at radius 2 is 1.89 bits per heavy atom. The number of aryl methyl sites for hydroxylation is 2. The van der Waals surface area contributed by atoms with Gasteiger partial charge in [0.2, 0.25) is 0 Å². The van der Waals surface area contributed by atoms with Crippen LogP contribution in [0.25, 0.3) is 10.2 Å². The molecule has 36 heavy (non-hydrogen) atoms. The summed E-state index contributed by atoms with van der Waals surface area (Å²) in [5.74, 6) is 0.0850. The number of nitrogen functional groups attached to an aromatic ring is 1. The molecule has 0 saturated heterocycles. The lowest BCUT2D eigenvalue weighted by molar-refractivity contribution is -0.141. The Morgan fingerprint density at radius 3 is 2.58 bits per heavy atom. The SMILES string of the molecule is CCOC(=O)CN(C(=O)Oc1ccc2sc(CCc3ccc(C(=N)N)cc3)nc2c1)c1ccccn1. The molecule has 0 saturated carbocycles. The first-order valence-electron chi connectivity index (χ1n) is 11.3. The standard InChI is InChI=1S/C26H25N5O4S/c1-2-34-24(32)16-31(22-5-3-4-14-29-22)26(33)35-19-11-12-21-20(15-19)30-23(36-21)13-8-17-6-9-18(10-7-17)25(27)28/h3-7,9-12,14-15H,2,8,13,16H2,1H3,(H3,27,28). The molecule has 0 fully saturated rings. The van der Waals surface area contributed by atoms with Gasteiger partial charge in [0.05, 0.1) is 21.8 Å². The van der Waals surface area contributed by atoms with Crippen LogP contribution < -0.4 is 15.4 Å². The molecule has 4 rings (SSSR count). The fourth-order valence-corrected chi connectivity index (χ4v) is 4.42. The summed E-state index contributed by atoms with van der Waals surface area (Å²) in [6.07, 6.45) is 2.33. The molecule has 10 heteroatoms. The number of hydrogen-bond acceptors (Lipinski definition) is 8. The topological polar surface area (TPSA) is 131 Å². The monoisotopic (exact) mass is 503 g/mol. The molecule has 0 bridgehead atoms. The zero-order valence-corrected chi connectivity index (χ0v) is 20.5. The molecule has 9 nitrogen and oxygen atoms in total. The number of hydrogen-bond donors (Lipinski definition) is 2. The molecule has 2 aromatic carbocycles. The molecular weight excluding hydrogens is 478 g/mol. The number of carbonyl (C=O) groups excluding carboxylic acids is 2. The van der Waals surface area contributed by atoms with E-state index in [9.17, 15) is 9.59 Å². The number of esters is 1. The van der Waals surface area contributed by atoms with Gasteiger partial charge in [-0.05, 0) is 43.2 Å². The first-order chi connectivity index (χ1) is 17.4. The number of amides is 1. The van der Waals surface area contributed by atoms with Gasteiger partial charge in [0, 0.05) is 24.2 Å². The van der Waals surface area contributed by atoms with Crippen LogP contribution in [0.3, 0.4) is 0 Å². The van der Waals surface area contributed by atoms with E-state index >= 15 is 0 Å². The van der Waals surface area contributed by atoms with E-state index < -0.39 is 12.1 Å². The number of aromatic nitrogens is 2. The van der Waals surface area contributed by atoms with Gasteiger partial charge in [-0.25, -0.2) is 19.7 Å². The first-order valence-corrected chi connectivity index (χ1v) is 12.1. The van der Waals surface area contributed by atoms with Gasteiger partial charge in [0.15, 0.2) is 0 Å². The zero-order valence-electron chi connectivity index (χ0n) is 19.6. The van der Waals surface area contributed by atoms with E-state index in [1.165, 1.54) is 6.20 Å². The van der Waals surface area contributed by atoms with Gasteiger partial charge >= 0.3 is 12.1 Å². The van der Waals surface area contributed by atoms with Crippen molar-refractivity contribution in [3.63, 3.8) is 0 Å². The fraction of sp³-hybridized carbons (Fsp3) is 0.192. The quantitative estimate of drug-likeness (QED) is 0.197. The highest BCUT2D eigenvalue weighted by Crippen LogP contribution is 2.27. The molecule has 4 aromatic rings. The van der Waals surface area contributed by atoms with Crippen molar-refractivity contribution in [3.8, 4) is 5.75 Å². The van der Waals surface area contributed by atoms with Gasteiger partial charge in [-0.3, -0.25) is 10.2 Å². The summed E-state index contributed by atoms with van der Waals surface area (Å²) in [5.41, 5.74) is 8.06. The second-order valence-electron chi connectivity index (χ2n) is 7.79. The third-order valence-corrected chi connectivity index (χ3v) is 6.34. The number of nitrogens with two attached hydrogens (primary N) is 1. The molecular formula is C26H25N5O4S. The van der Waals surface area contributed by atoms with Crippen molar-refractivity contribution in [2.45, 2.75) is 19.8 Å². The molecule has 2 aromatic heterocycles. The van der Waals surface area contributed by atoms with E-state index in [-0.39, 0.29) is 24.8 Å². The number of amidine groups is 1. The number of fused-ring (bicyclic) bond motifs is 1. The molecule has 3 N–H and O–H groups in total. The molecule has 0 atom stereocenters. The summed E-state index contributed by atoms with van der Waals surface area (Å²) in [6, 6.07) is 17.9. The second kappa shape index (κ2) is 11.4. The summed E-state index contributed by atoms with van der Waals surface area (Å²) in [6.45, 7) is 1.58. The minimum absolute atomic E-state index is 0.0493. The maximum atomic E-state index is 12.9. The maximum absolute atomic E-state index is 12.9. The summed E-state index contributed by atoms with van der Waals surface area (Å²) in [4.78, 5) is 35.0. The smallest absolute Gasteiger partial charge is 0.421 e. The van der Waals surface area contributed by atoms with E-state index in [1.54, 1.807) is 48.6 Å². The van der Waals surface area contributed by atoms with Gasteiger partial charge in [-0.15, -0.1) is 11.3 Å². The molecule has 184 valence electrons. The Morgan fingerprint density at radius 1 is 1.08 bits per heavy atom. The van der Waals surface area contributed by atoms with Gasteiger partial charge in [-0.2, -0.15) is 0 Å². The largest absolute Gasteiger partial charge is 0.465 e. The third kappa shape index (κ3) is 6.22. The second-order valence-corrected chi connectivity index (χ2v) is 8.91. The van der Waals surface area contributed by atoms with Crippen molar-refractivity contribution < 1.29 is 19.1 Å². The van der Waals surface area contributed by atoms with E-state index in [2.05, 4.69) is 4.98 Å². The fourth-order valence-electron chi connectivity index (χ4n) is 3.47. The minimum Gasteiger partial charge on any atom is -0.465 e. The lowest BCUT2D eigenvalue weighted by Crippen LogP contribution is -2.39. The van der Waals surface area contributed by atoms with Gasteiger partial charge in [-0.1, -0.05) is 30.3 Å². The van der Waals surface area contributed by atoms with E-state index in [0.717, 1.165) is 38.5 Å². The van der Waals surface area contributed by atoms with Crippen LogP contribution >= 0.6 is 11.3 Å². The van der Waals surface area contributed by atoms with Crippen molar-refractivity contribution in [1.82, 2.24) is 9.97 Å². The van der Waals surface area contributed by atoms with Gasteiger partial charge in [0.25, 0.3) is 0 Å². The highest BCUT2D eigenvalue weighted by atomic mass is 32.1. The molecule has 0 aliphatic carbocycles. The molecule has 1 amide bonds. The number of ether oxygens (including phenoxy) is 2. The lowest BCUT2D eigenvalue weighted by atomic mass is 10.1. The van der Waals surface area contributed by atoms with Crippen LogP contribution in [0.2, 0.25) is 0 Å². The predicted molar refractivity (Wildman–Crippen MR) is 139 cm³/mol. The Bertz CT molecular complexity index is 1370. The van der Waals surface area contributed by atoms with Gasteiger partial charge < -0.3 is 15.2 Å². The van der Waals surface area contributed by atoms with Crippen LogP contribution in [0.5, 0.6) is 5.75 Å². The molecule has 0 aliphatic heterocycles. The van der Waals surface area contributed by atoms with E-state index in [4.69, 9.17) is 25.6 Å². The van der Waals surface area contributed by atoms with Crippen LogP contribution in [-0.2, 0) is 22.4 Å². The van der Waals surface area contributed by atoms with Crippen molar-refractivity contribution >= 4 is 45.3 Å². The number of pyridine rings is 1. The average molecular weight is 504 g/mol. The van der Waals surface area contributed by atoms with Gasteiger partial charge in [0.1, 0.15) is 23.9 Å². The van der Waals surface area contributed by atoms with Crippen molar-refractivity contribution in [2.24, 2.45) is 5.73 Å². The highest BCUT2D eigenvalue weighted by molar-refractivity contribution is 7.18. The number of nitrogens with zero attached hydrogens (tertiary/aromatic N) is 3. The number of benzene rings is 2. The average Bonchev–Trinajstić information content (AvgIpc) is 3.29. The Kier molecular flexibility index (Phi) is 7.86. The number of rotatable bonds is 9. The molecule has 2 heterocycles. The number of thiazole rings is 1. The van der Waals surface area contributed by atoms with Crippen molar-refractivity contribution in [3.05, 3.63) is 83.0 Å². The number of anilines is 1. The summed E-state index contributed by atoms with van der Waals surface area (Å²) in [5, 5.41) is 8.45. The Balaban J connectivity index is 1.45. The molecule has 0 unspecified atom stereocenters. The van der Waals surface area contributed by atoms with Crippen LogP contribution in [0.4, 0.5) is 10.6 Å². The lowest BCUT2D eigenvalue weighted by Gasteiger charge is -2.20. The predicted octanol–water partition coefficient (Wildman–Crippen LogP) is 4.33. The highest BCUT2D eigenvalue weighted by Gasteiger charge is 2.23. The number of nitrogens with one attached hydrogen (secondary N) is 1. The van der Waals surface area contributed by atoms with Crippen LogP contribution in [0.15, 0.2) is 66.9 Å². The van der Waals surface area contributed by atoms with Crippen molar-refractivity contribution in [2.75, 3.05) is 18.1 Å². The maximum Gasteiger partial charge on any atom is 0.421 e. The van der Waals surface area contributed by atoms with E-state index in [1.807, 2.05) is 30.3 Å². The van der Waals surface area contributed by atoms with Crippen LogP contribution in [0.1, 0.15) is 23.1 Å². The minimum atomic E-state index is -0.745. The van der Waals surface area contributed by atoms with Crippen LogP contribution in [-0.4, -0.2) is 41.0 Å². The molecule has 0 spiro atoms. The Hall–Kier alpha value is -4.31. The van der Waals surface area contributed by atoms with Crippen molar-refractivity contribution in [1.29, 1.82) is 5.41 Å². The third-order valence-electron chi connectivity index (χ3n) is 5.24. The summed E-state index contributed by atoms with van der Waals surface area (Å²) >= 11 is 1.58.